The number of nitro groups is 1. The van der Waals surface area contributed by atoms with Crippen LogP contribution in [0.1, 0.15) is 37.4 Å². The second-order valence-corrected chi connectivity index (χ2v) is 6.87. The molecular weight excluding hydrogens is 426 g/mol. The van der Waals surface area contributed by atoms with E-state index in [1.165, 1.54) is 42.5 Å². The molecule has 0 aromatic heterocycles. The van der Waals surface area contributed by atoms with E-state index in [-0.39, 0.29) is 29.0 Å². The Kier molecular flexibility index (Phi) is 8.82. The summed E-state index contributed by atoms with van der Waals surface area (Å²) in [4.78, 5) is 35.5. The van der Waals surface area contributed by atoms with Gasteiger partial charge in [-0.05, 0) is 26.0 Å². The van der Waals surface area contributed by atoms with Crippen LogP contribution in [0.15, 0.2) is 54.6 Å². The Morgan fingerprint density at radius 3 is 2.44 bits per heavy atom. The van der Waals surface area contributed by atoms with E-state index in [9.17, 15) is 28.5 Å². The van der Waals surface area contributed by atoms with Crippen molar-refractivity contribution < 1.29 is 32.8 Å². The van der Waals surface area contributed by atoms with E-state index in [0.717, 1.165) is 6.08 Å². The van der Waals surface area contributed by atoms with Crippen molar-refractivity contribution >= 4 is 23.6 Å². The van der Waals surface area contributed by atoms with Gasteiger partial charge in [0.15, 0.2) is 0 Å². The summed E-state index contributed by atoms with van der Waals surface area (Å²) in [5, 5.41) is 13.9. The smallest absolute Gasteiger partial charge is 0.387 e. The maximum absolute atomic E-state index is 12.5. The molecule has 170 valence electrons. The average Bonchev–Trinajstić information content (AvgIpc) is 2.71. The molecule has 0 bridgehead atoms. The van der Waals surface area contributed by atoms with Crippen LogP contribution in [0.5, 0.6) is 5.75 Å². The topological polar surface area (TPSA) is 108 Å². The predicted octanol–water partition coefficient (Wildman–Crippen LogP) is 4.41. The zero-order valence-electron chi connectivity index (χ0n) is 17.4. The number of para-hydroxylation sites is 2. The number of nitrogens with one attached hydrogen (secondary N) is 1. The molecule has 0 aliphatic rings. The first-order valence-corrected chi connectivity index (χ1v) is 9.62. The van der Waals surface area contributed by atoms with Gasteiger partial charge in [0, 0.05) is 17.7 Å². The van der Waals surface area contributed by atoms with E-state index in [1.807, 2.05) is 0 Å². The third-order valence-electron chi connectivity index (χ3n) is 4.11. The highest BCUT2D eigenvalue weighted by molar-refractivity contribution is 5.92. The molecule has 0 spiro atoms. The Balaban J connectivity index is 2.26. The standard InChI is InChI=1S/C22H22F2N2O6/c1-14(2)31-21(28)13-17(16-8-4-5-9-18(16)26(29)30)25-20(27)12-11-15-7-3-6-10-19(15)32-22(23)24/h3-12,14,17,22H,13H2,1-2H3,(H,25,27)/b12-11+. The number of hydrogen-bond acceptors (Lipinski definition) is 6. The van der Waals surface area contributed by atoms with E-state index in [2.05, 4.69) is 10.1 Å². The Labute approximate surface area is 183 Å². The molecule has 10 heteroatoms. The molecule has 32 heavy (non-hydrogen) atoms. The first kappa shape index (κ1) is 24.4. The third kappa shape index (κ3) is 7.46. The van der Waals surface area contributed by atoms with E-state index < -0.39 is 35.6 Å². The zero-order chi connectivity index (χ0) is 23.7. The summed E-state index contributed by atoms with van der Waals surface area (Å²) in [7, 11) is 0. The van der Waals surface area contributed by atoms with E-state index in [4.69, 9.17) is 4.74 Å². The number of nitrogens with zero attached hydrogens (tertiary/aromatic N) is 1. The molecule has 2 rings (SSSR count). The second-order valence-electron chi connectivity index (χ2n) is 6.87. The van der Waals surface area contributed by atoms with Crippen LogP contribution in [0, 0.1) is 10.1 Å². The van der Waals surface area contributed by atoms with Crippen LogP contribution in [0.3, 0.4) is 0 Å². The lowest BCUT2D eigenvalue weighted by atomic mass is 10.0. The van der Waals surface area contributed by atoms with Crippen molar-refractivity contribution in [2.24, 2.45) is 0 Å². The highest BCUT2D eigenvalue weighted by Gasteiger charge is 2.26. The number of esters is 1. The Hall–Kier alpha value is -3.82. The number of ether oxygens (including phenoxy) is 2. The molecule has 1 unspecified atom stereocenters. The van der Waals surface area contributed by atoms with Crippen LogP contribution in [0.4, 0.5) is 14.5 Å². The minimum absolute atomic E-state index is 0.123. The van der Waals surface area contributed by atoms with Crippen molar-refractivity contribution in [3.63, 3.8) is 0 Å². The largest absolute Gasteiger partial charge is 0.463 e. The van der Waals surface area contributed by atoms with Crippen molar-refractivity contribution in [3.8, 4) is 5.75 Å². The molecule has 2 aromatic carbocycles. The van der Waals surface area contributed by atoms with Gasteiger partial charge in [-0.2, -0.15) is 8.78 Å². The normalized spacial score (nSPS) is 12.1. The Bertz CT molecular complexity index is 994. The third-order valence-corrected chi connectivity index (χ3v) is 4.11. The zero-order valence-corrected chi connectivity index (χ0v) is 17.4. The first-order valence-electron chi connectivity index (χ1n) is 9.62. The second kappa shape index (κ2) is 11.5. The quantitative estimate of drug-likeness (QED) is 0.250. The number of benzene rings is 2. The number of carbonyl (C=O) groups excluding carboxylic acids is 2. The molecule has 1 atom stereocenters. The fourth-order valence-electron chi connectivity index (χ4n) is 2.87. The van der Waals surface area contributed by atoms with Gasteiger partial charge in [0.25, 0.3) is 5.69 Å². The van der Waals surface area contributed by atoms with Crippen LogP contribution in [-0.4, -0.2) is 29.5 Å². The molecule has 8 nitrogen and oxygen atoms in total. The monoisotopic (exact) mass is 448 g/mol. The molecule has 1 N–H and O–H groups in total. The molecular formula is C22H22F2N2O6. The number of rotatable bonds is 10. The molecule has 0 aliphatic heterocycles. The number of carbonyl (C=O) groups is 2. The van der Waals surface area contributed by atoms with Crippen molar-refractivity contribution in [3.05, 3.63) is 75.8 Å². The van der Waals surface area contributed by atoms with Gasteiger partial charge in [-0.15, -0.1) is 0 Å². The van der Waals surface area contributed by atoms with Gasteiger partial charge < -0.3 is 14.8 Å². The molecule has 2 aromatic rings. The van der Waals surface area contributed by atoms with E-state index in [1.54, 1.807) is 26.0 Å². The van der Waals surface area contributed by atoms with Crippen LogP contribution >= 0.6 is 0 Å². The summed E-state index contributed by atoms with van der Waals surface area (Å²) in [5.74, 6) is -1.47. The van der Waals surface area contributed by atoms with Gasteiger partial charge in [-0.1, -0.05) is 36.4 Å². The van der Waals surface area contributed by atoms with Crippen molar-refractivity contribution in [2.45, 2.75) is 39.0 Å². The molecule has 0 fully saturated rings. The first-order chi connectivity index (χ1) is 15.2. The fraction of sp³-hybridized carbons (Fsp3) is 0.273. The van der Waals surface area contributed by atoms with Crippen molar-refractivity contribution in [1.82, 2.24) is 5.32 Å². The predicted molar refractivity (Wildman–Crippen MR) is 112 cm³/mol. The van der Waals surface area contributed by atoms with E-state index in [0.29, 0.717) is 0 Å². The van der Waals surface area contributed by atoms with Gasteiger partial charge in [-0.3, -0.25) is 19.7 Å². The van der Waals surface area contributed by atoms with Crippen molar-refractivity contribution in [1.29, 1.82) is 0 Å². The van der Waals surface area contributed by atoms with Gasteiger partial charge in [0.2, 0.25) is 5.91 Å². The summed E-state index contributed by atoms with van der Waals surface area (Å²) >= 11 is 0. The summed E-state index contributed by atoms with van der Waals surface area (Å²) in [6.45, 7) is 0.268. The van der Waals surface area contributed by atoms with Crippen LogP contribution in [-0.2, 0) is 14.3 Å². The lowest BCUT2D eigenvalue weighted by Crippen LogP contribution is -2.30. The minimum Gasteiger partial charge on any atom is -0.463 e. The van der Waals surface area contributed by atoms with Crippen LogP contribution < -0.4 is 10.1 Å². The average molecular weight is 448 g/mol. The lowest BCUT2D eigenvalue weighted by molar-refractivity contribution is -0.385. The van der Waals surface area contributed by atoms with Crippen LogP contribution in [0.25, 0.3) is 6.08 Å². The summed E-state index contributed by atoms with van der Waals surface area (Å²) in [6.07, 6.45) is 1.57. The molecule has 0 saturated heterocycles. The molecule has 1 amide bonds. The molecule has 0 aliphatic carbocycles. The number of alkyl halides is 2. The van der Waals surface area contributed by atoms with Crippen molar-refractivity contribution in [2.75, 3.05) is 0 Å². The summed E-state index contributed by atoms with van der Waals surface area (Å²) < 4.78 is 34.6. The number of nitro benzene ring substituents is 1. The SMILES string of the molecule is CC(C)OC(=O)CC(NC(=O)/C=C/c1ccccc1OC(F)F)c1ccccc1[N+](=O)[O-]. The van der Waals surface area contributed by atoms with E-state index >= 15 is 0 Å². The van der Waals surface area contributed by atoms with Crippen LogP contribution in [0.2, 0.25) is 0 Å². The Morgan fingerprint density at radius 2 is 1.78 bits per heavy atom. The lowest BCUT2D eigenvalue weighted by Gasteiger charge is -2.18. The number of hydrogen-bond donors (Lipinski definition) is 1. The van der Waals surface area contributed by atoms with Gasteiger partial charge in [0.05, 0.1) is 29.1 Å². The molecule has 0 saturated carbocycles. The maximum Gasteiger partial charge on any atom is 0.387 e. The maximum atomic E-state index is 12.5. The van der Waals surface area contributed by atoms with Gasteiger partial charge in [-0.25, -0.2) is 0 Å². The molecule has 0 radical (unpaired) electrons. The highest BCUT2D eigenvalue weighted by atomic mass is 19.3. The molecule has 0 heterocycles. The Morgan fingerprint density at radius 1 is 1.12 bits per heavy atom. The summed E-state index contributed by atoms with van der Waals surface area (Å²) in [6, 6.07) is 10.5. The number of halogens is 2. The number of amides is 1. The summed E-state index contributed by atoms with van der Waals surface area (Å²) in [5.41, 5.74) is 0.0839. The minimum atomic E-state index is -3.03. The van der Waals surface area contributed by atoms with Gasteiger partial charge >= 0.3 is 12.6 Å². The van der Waals surface area contributed by atoms with Gasteiger partial charge in [0.1, 0.15) is 5.75 Å². The highest BCUT2D eigenvalue weighted by Crippen LogP contribution is 2.28. The fourth-order valence-corrected chi connectivity index (χ4v) is 2.87.